The molecule has 1 unspecified atom stereocenters. The molecule has 1 fully saturated rings. The van der Waals surface area contributed by atoms with Crippen molar-refractivity contribution in [3.05, 3.63) is 47.0 Å². The number of anilines is 1. The van der Waals surface area contributed by atoms with E-state index in [1.807, 2.05) is 6.92 Å². The maximum Gasteiger partial charge on any atom is 0.320 e. The lowest BCUT2D eigenvalue weighted by atomic mass is 9.81. The number of hydrogen-bond acceptors (Lipinski definition) is 3. The molecule has 164 valence electrons. The second kappa shape index (κ2) is 7.61. The molecule has 6 nitrogen and oxygen atoms in total. The Bertz CT molecular complexity index is 1080. The van der Waals surface area contributed by atoms with Gasteiger partial charge in [-0.2, -0.15) is 5.10 Å². The molecule has 4 rings (SSSR count). The van der Waals surface area contributed by atoms with E-state index in [1.54, 1.807) is 19.4 Å². The predicted octanol–water partition coefficient (Wildman–Crippen LogP) is 4.18. The van der Waals surface area contributed by atoms with Crippen molar-refractivity contribution in [2.45, 2.75) is 50.8 Å². The number of carbonyl (C=O) groups is 1. The minimum atomic E-state index is -3.44. The maximum atomic E-state index is 15.0. The Hall–Kier alpha value is -2.99. The number of hydrogen-bond donors (Lipinski definition) is 2. The van der Waals surface area contributed by atoms with Crippen LogP contribution in [0.3, 0.4) is 0 Å². The minimum Gasteiger partial charge on any atom is -0.375 e. The first-order valence-electron chi connectivity index (χ1n) is 10.0. The fourth-order valence-corrected chi connectivity index (χ4v) is 3.51. The van der Waals surface area contributed by atoms with Crippen LogP contribution in [0.5, 0.6) is 0 Å². The van der Waals surface area contributed by atoms with Gasteiger partial charge in [-0.3, -0.25) is 4.68 Å². The Kier molecular flexibility index (Phi) is 5.21. The smallest absolute Gasteiger partial charge is 0.320 e. The van der Waals surface area contributed by atoms with Gasteiger partial charge in [-0.05, 0) is 38.0 Å². The summed E-state index contributed by atoms with van der Waals surface area (Å²) < 4.78 is 51.3. The first-order chi connectivity index (χ1) is 14.6. The summed E-state index contributed by atoms with van der Waals surface area (Å²) in [6, 6.07) is 3.33. The van der Waals surface area contributed by atoms with Gasteiger partial charge in [-0.15, -0.1) is 0 Å². The number of amides is 2. The van der Waals surface area contributed by atoms with Crippen LogP contribution >= 0.6 is 0 Å². The molecule has 2 atom stereocenters. The Balaban J connectivity index is 1.74. The number of nitrogens with zero attached hydrogens (tertiary/aromatic N) is 2. The van der Waals surface area contributed by atoms with Gasteiger partial charge in [0.2, 0.25) is 0 Å². The van der Waals surface area contributed by atoms with Gasteiger partial charge in [-0.1, -0.05) is 11.8 Å². The summed E-state index contributed by atoms with van der Waals surface area (Å²) >= 11 is 0. The highest BCUT2D eigenvalue weighted by Gasteiger charge is 2.55. The van der Waals surface area contributed by atoms with Crippen LogP contribution in [0.2, 0.25) is 0 Å². The first kappa shape index (κ1) is 21.2. The molecule has 0 spiro atoms. The number of alkyl halides is 2. The van der Waals surface area contributed by atoms with Crippen LogP contribution in [0.1, 0.15) is 49.6 Å². The van der Waals surface area contributed by atoms with Crippen molar-refractivity contribution in [2.24, 2.45) is 5.92 Å². The quantitative estimate of drug-likeness (QED) is 0.697. The van der Waals surface area contributed by atoms with E-state index < -0.39 is 23.3 Å². The standard InChI is InChI=1S/C22H23F3N4O2/c1-13(31-3)18-7-9-29(28-18)12-15-10-19-16(11-17(15)23)22(21(2,24)25,27-20(30)26-19)8-6-14-4-5-14/h7,9-11,13-14H,4-5,12H2,1-3H3,(H2,26,27,30)/t13?,22-/m0/s1. The van der Waals surface area contributed by atoms with Gasteiger partial charge in [0, 0.05) is 43.0 Å². The van der Waals surface area contributed by atoms with Gasteiger partial charge in [0.15, 0.2) is 5.54 Å². The number of carbonyl (C=O) groups excluding carboxylic acids is 1. The number of benzene rings is 1. The van der Waals surface area contributed by atoms with E-state index in [0.717, 1.165) is 18.9 Å². The number of ether oxygens (including phenoxy) is 1. The van der Waals surface area contributed by atoms with Gasteiger partial charge < -0.3 is 15.4 Å². The summed E-state index contributed by atoms with van der Waals surface area (Å²) in [4.78, 5) is 12.3. The Morgan fingerprint density at radius 3 is 2.81 bits per heavy atom. The molecule has 0 radical (unpaired) electrons. The Morgan fingerprint density at radius 1 is 1.42 bits per heavy atom. The lowest BCUT2D eigenvalue weighted by Crippen LogP contribution is -2.59. The molecule has 1 aliphatic carbocycles. The summed E-state index contributed by atoms with van der Waals surface area (Å²) in [5, 5.41) is 9.12. The Morgan fingerprint density at radius 2 is 2.16 bits per heavy atom. The minimum absolute atomic E-state index is 0.0297. The highest BCUT2D eigenvalue weighted by molar-refractivity contribution is 5.95. The first-order valence-corrected chi connectivity index (χ1v) is 10.0. The molecule has 2 amide bonds. The molecule has 9 heteroatoms. The fourth-order valence-electron chi connectivity index (χ4n) is 3.51. The number of urea groups is 1. The molecule has 31 heavy (non-hydrogen) atoms. The van der Waals surface area contributed by atoms with E-state index in [-0.39, 0.29) is 35.4 Å². The highest BCUT2D eigenvalue weighted by Crippen LogP contribution is 2.44. The van der Waals surface area contributed by atoms with Gasteiger partial charge >= 0.3 is 6.03 Å². The van der Waals surface area contributed by atoms with Crippen LogP contribution < -0.4 is 10.6 Å². The summed E-state index contributed by atoms with van der Waals surface area (Å²) in [6.45, 7) is 2.57. The van der Waals surface area contributed by atoms with E-state index in [9.17, 15) is 13.6 Å². The van der Waals surface area contributed by atoms with Crippen molar-refractivity contribution >= 4 is 11.7 Å². The van der Waals surface area contributed by atoms with E-state index in [1.165, 1.54) is 10.7 Å². The van der Waals surface area contributed by atoms with Crippen LogP contribution in [-0.2, 0) is 16.8 Å². The van der Waals surface area contributed by atoms with E-state index >= 15 is 4.39 Å². The monoisotopic (exact) mass is 432 g/mol. The van der Waals surface area contributed by atoms with Crippen molar-refractivity contribution < 1.29 is 22.7 Å². The molecule has 2 N–H and O–H groups in total. The van der Waals surface area contributed by atoms with Crippen molar-refractivity contribution in [3.8, 4) is 11.8 Å². The molecular formula is C22H23F3N4O2. The predicted molar refractivity (Wildman–Crippen MR) is 108 cm³/mol. The number of methoxy groups -OCH3 is 1. The number of aromatic nitrogens is 2. The maximum absolute atomic E-state index is 15.0. The lowest BCUT2D eigenvalue weighted by Gasteiger charge is -2.40. The summed E-state index contributed by atoms with van der Waals surface area (Å²) in [6.07, 6.45) is 3.11. The van der Waals surface area contributed by atoms with Gasteiger partial charge in [0.25, 0.3) is 5.92 Å². The zero-order valence-electron chi connectivity index (χ0n) is 17.4. The van der Waals surface area contributed by atoms with E-state index in [0.29, 0.717) is 12.6 Å². The van der Waals surface area contributed by atoms with Crippen LogP contribution in [0.25, 0.3) is 0 Å². The van der Waals surface area contributed by atoms with Gasteiger partial charge in [-0.25, -0.2) is 18.0 Å². The van der Waals surface area contributed by atoms with Crippen LogP contribution in [0.4, 0.5) is 23.7 Å². The molecule has 2 aromatic rings. The number of halogens is 3. The van der Waals surface area contributed by atoms with Crippen LogP contribution in [-0.4, -0.2) is 28.8 Å². The van der Waals surface area contributed by atoms with Crippen molar-refractivity contribution in [1.82, 2.24) is 15.1 Å². The third-order valence-corrected chi connectivity index (χ3v) is 5.60. The second-order valence-electron chi connectivity index (χ2n) is 8.07. The molecular weight excluding hydrogens is 409 g/mol. The molecule has 2 heterocycles. The normalized spacial score (nSPS) is 21.4. The number of rotatable bonds is 5. The third kappa shape index (κ3) is 4.00. The Labute approximate surface area is 178 Å². The van der Waals surface area contributed by atoms with E-state index in [4.69, 9.17) is 4.74 Å². The third-order valence-electron chi connectivity index (χ3n) is 5.60. The molecule has 1 saturated carbocycles. The van der Waals surface area contributed by atoms with Crippen molar-refractivity contribution in [1.29, 1.82) is 0 Å². The molecule has 1 aromatic heterocycles. The average Bonchev–Trinajstić information content (AvgIpc) is 3.42. The largest absolute Gasteiger partial charge is 0.375 e. The topological polar surface area (TPSA) is 68.2 Å². The number of nitrogens with one attached hydrogen (secondary N) is 2. The molecule has 2 aliphatic rings. The van der Waals surface area contributed by atoms with Crippen molar-refractivity contribution in [3.63, 3.8) is 0 Å². The molecule has 0 saturated heterocycles. The zero-order chi connectivity index (χ0) is 22.4. The summed E-state index contributed by atoms with van der Waals surface area (Å²) in [5.74, 6) is 1.28. The van der Waals surface area contributed by atoms with E-state index in [2.05, 4.69) is 27.6 Å². The number of fused-ring (bicyclic) bond motifs is 1. The molecule has 0 bridgehead atoms. The lowest BCUT2D eigenvalue weighted by molar-refractivity contribution is -0.0465. The average molecular weight is 432 g/mol. The fraction of sp³-hybridized carbons (Fsp3) is 0.455. The van der Waals surface area contributed by atoms with Crippen LogP contribution in [0, 0.1) is 23.6 Å². The second-order valence-corrected chi connectivity index (χ2v) is 8.07. The van der Waals surface area contributed by atoms with Crippen LogP contribution in [0.15, 0.2) is 24.4 Å². The SMILES string of the molecule is COC(C)c1ccn(Cc2cc3c(cc2F)[C@@](C#CC2CC2)(C(C)(F)F)NC(=O)N3)n1. The zero-order valence-corrected chi connectivity index (χ0v) is 17.4. The summed E-state index contributed by atoms with van der Waals surface area (Å²) in [7, 11) is 1.56. The van der Waals surface area contributed by atoms with Crippen molar-refractivity contribution in [2.75, 3.05) is 12.4 Å². The highest BCUT2D eigenvalue weighted by atomic mass is 19.3. The molecule has 1 aliphatic heterocycles. The molecule has 1 aromatic carbocycles. The summed E-state index contributed by atoms with van der Waals surface area (Å²) in [5.41, 5.74) is -1.42. The van der Waals surface area contributed by atoms with Gasteiger partial charge in [0.1, 0.15) is 5.82 Å². The van der Waals surface area contributed by atoms with Gasteiger partial charge in [0.05, 0.1) is 18.3 Å².